The average Bonchev–Trinajstić information content (AvgIpc) is 3.56. The van der Waals surface area contributed by atoms with Crippen LogP contribution < -0.4 is 10.5 Å². The normalized spacial score (nSPS) is 19.7. The number of aryl methyl sites for hydroxylation is 1. The SMILES string of the molecule is COc1cc(C(=O)N2C[C@H](N)C[C@@H](F)C2)cc2nc(-c3cc4ccc(-c5ccc6c(c5)C(=O)OC6)nc4n3CC3CC3)n(C)c12. The van der Waals surface area contributed by atoms with Gasteiger partial charge in [-0.25, -0.2) is 19.2 Å². The van der Waals surface area contributed by atoms with Crippen molar-refractivity contribution in [1.29, 1.82) is 0 Å². The molecule has 5 heterocycles. The van der Waals surface area contributed by atoms with E-state index in [1.54, 1.807) is 19.2 Å². The third kappa shape index (κ3) is 4.73. The maximum absolute atomic E-state index is 14.3. The number of hydrogen-bond donors (Lipinski definition) is 1. The molecule has 11 heteroatoms. The van der Waals surface area contributed by atoms with Gasteiger partial charge in [0, 0.05) is 48.3 Å². The molecule has 5 aromatic rings. The number of amides is 1. The van der Waals surface area contributed by atoms with Gasteiger partial charge in [-0.15, -0.1) is 0 Å². The fourth-order valence-corrected chi connectivity index (χ4v) is 6.73. The number of alkyl halides is 1. The van der Waals surface area contributed by atoms with Gasteiger partial charge in [-0.05, 0) is 61.6 Å². The molecule has 2 N–H and O–H groups in total. The van der Waals surface area contributed by atoms with E-state index in [-0.39, 0.29) is 24.8 Å². The number of esters is 1. The van der Waals surface area contributed by atoms with Crippen LogP contribution in [0.25, 0.3) is 44.8 Å². The van der Waals surface area contributed by atoms with E-state index in [0.717, 1.165) is 64.3 Å². The van der Waals surface area contributed by atoms with Crippen LogP contribution in [0.3, 0.4) is 0 Å². The second kappa shape index (κ2) is 10.4. The first-order valence-corrected chi connectivity index (χ1v) is 15.3. The fraction of sp³-hybridized carbons (Fsp3) is 0.353. The number of ether oxygens (including phenoxy) is 2. The predicted molar refractivity (Wildman–Crippen MR) is 167 cm³/mol. The third-order valence-electron chi connectivity index (χ3n) is 9.22. The van der Waals surface area contributed by atoms with Crippen LogP contribution in [0.2, 0.25) is 0 Å². The van der Waals surface area contributed by atoms with Crippen molar-refractivity contribution in [1.82, 2.24) is 24.0 Å². The van der Waals surface area contributed by atoms with Crippen LogP contribution in [-0.4, -0.2) is 68.3 Å². The highest BCUT2D eigenvalue weighted by molar-refractivity contribution is 6.00. The molecule has 8 rings (SSSR count). The Bertz CT molecular complexity index is 2020. The van der Waals surface area contributed by atoms with Gasteiger partial charge in [-0.3, -0.25) is 4.79 Å². The average molecular weight is 609 g/mol. The van der Waals surface area contributed by atoms with Crippen molar-refractivity contribution < 1.29 is 23.5 Å². The van der Waals surface area contributed by atoms with Crippen molar-refractivity contribution in [3.63, 3.8) is 0 Å². The number of aromatic nitrogens is 4. The summed E-state index contributed by atoms with van der Waals surface area (Å²) in [4.78, 5) is 37.3. The number of carbonyl (C=O) groups excluding carboxylic acids is 2. The maximum atomic E-state index is 14.3. The van der Waals surface area contributed by atoms with Crippen LogP contribution in [0.1, 0.15) is 45.5 Å². The van der Waals surface area contributed by atoms with Gasteiger partial charge in [-0.2, -0.15) is 0 Å². The molecule has 1 amide bonds. The predicted octanol–water partition coefficient (Wildman–Crippen LogP) is 4.86. The number of nitrogens with two attached hydrogens (primary N) is 1. The summed E-state index contributed by atoms with van der Waals surface area (Å²) in [5.74, 6) is 1.19. The van der Waals surface area contributed by atoms with Crippen LogP contribution in [0.4, 0.5) is 4.39 Å². The Kier molecular flexibility index (Phi) is 6.42. The lowest BCUT2D eigenvalue weighted by Crippen LogP contribution is -2.50. The smallest absolute Gasteiger partial charge is 0.338 e. The van der Waals surface area contributed by atoms with Crippen molar-refractivity contribution in [2.45, 2.75) is 44.6 Å². The molecule has 1 saturated carbocycles. The molecule has 10 nitrogen and oxygen atoms in total. The number of pyridine rings is 1. The van der Waals surface area contributed by atoms with Crippen molar-refractivity contribution >= 4 is 33.9 Å². The largest absolute Gasteiger partial charge is 0.494 e. The summed E-state index contributed by atoms with van der Waals surface area (Å²) in [6.45, 7) is 1.43. The Labute approximate surface area is 258 Å². The van der Waals surface area contributed by atoms with Crippen molar-refractivity contribution in [2.75, 3.05) is 20.2 Å². The fourth-order valence-electron chi connectivity index (χ4n) is 6.73. The molecule has 0 radical (unpaired) electrons. The molecule has 2 aromatic carbocycles. The van der Waals surface area contributed by atoms with Crippen molar-refractivity contribution in [3.05, 3.63) is 65.2 Å². The Morgan fingerprint density at radius 3 is 2.73 bits per heavy atom. The molecule has 2 atom stereocenters. The number of carbonyl (C=O) groups is 2. The number of benzene rings is 2. The molecular formula is C34H33FN6O4. The zero-order valence-corrected chi connectivity index (χ0v) is 25.1. The van der Waals surface area contributed by atoms with Gasteiger partial charge in [0.15, 0.2) is 5.82 Å². The standard InChI is InChI=1S/C34H33FN6O4/c1-39-30-27(10-22(12-29(30)44-2)33(42)40-15-23(35)13-24(36)16-40)38-32(39)28-11-20-7-8-26(37-31(20)41(28)14-18-3-4-18)19-5-6-21-17-45-34(43)25(21)9-19/h5-12,18,23-24H,3-4,13-17,36H2,1-2H3/t23-,24-/m1/s1. The van der Waals surface area contributed by atoms with Gasteiger partial charge in [0.1, 0.15) is 29.7 Å². The van der Waals surface area contributed by atoms with E-state index in [1.807, 2.05) is 35.9 Å². The Morgan fingerprint density at radius 1 is 1.11 bits per heavy atom. The molecule has 1 saturated heterocycles. The summed E-state index contributed by atoms with van der Waals surface area (Å²) in [7, 11) is 3.51. The molecule has 0 spiro atoms. The molecule has 3 aromatic heterocycles. The van der Waals surface area contributed by atoms with Crippen LogP contribution in [0.5, 0.6) is 5.75 Å². The number of nitrogens with zero attached hydrogens (tertiary/aromatic N) is 5. The second-order valence-electron chi connectivity index (χ2n) is 12.5. The number of likely N-dealkylation sites (tertiary alicyclic amines) is 1. The van der Waals surface area contributed by atoms with Gasteiger partial charge in [0.05, 0.1) is 36.1 Å². The van der Waals surface area contributed by atoms with E-state index < -0.39 is 12.2 Å². The summed E-state index contributed by atoms with van der Waals surface area (Å²) < 4.78 is 29.4. The first kappa shape index (κ1) is 27.8. The number of imidazole rings is 1. The van der Waals surface area contributed by atoms with Gasteiger partial charge >= 0.3 is 5.97 Å². The first-order valence-electron chi connectivity index (χ1n) is 15.3. The lowest BCUT2D eigenvalue weighted by molar-refractivity contribution is 0.0534. The van der Waals surface area contributed by atoms with Gasteiger partial charge in [-0.1, -0.05) is 12.1 Å². The highest BCUT2D eigenvalue weighted by atomic mass is 19.1. The van der Waals surface area contributed by atoms with Gasteiger partial charge < -0.3 is 29.2 Å². The van der Waals surface area contributed by atoms with Crippen LogP contribution in [-0.2, 0) is 24.9 Å². The number of fused-ring (bicyclic) bond motifs is 3. The van der Waals surface area contributed by atoms with Crippen LogP contribution in [0.15, 0.2) is 48.5 Å². The molecule has 1 aliphatic carbocycles. The Hall–Kier alpha value is -4.77. The Morgan fingerprint density at radius 2 is 1.96 bits per heavy atom. The van der Waals surface area contributed by atoms with Crippen molar-refractivity contribution in [3.8, 4) is 28.5 Å². The summed E-state index contributed by atoms with van der Waals surface area (Å²) in [5.41, 5.74) is 12.6. The van der Waals surface area contributed by atoms with E-state index in [1.165, 1.54) is 4.90 Å². The highest BCUT2D eigenvalue weighted by Crippen LogP contribution is 2.38. The van der Waals surface area contributed by atoms with E-state index in [4.69, 9.17) is 25.2 Å². The first-order chi connectivity index (χ1) is 21.8. The molecular weight excluding hydrogens is 575 g/mol. The summed E-state index contributed by atoms with van der Waals surface area (Å²) in [5, 5.41) is 0.979. The number of cyclic esters (lactones) is 1. The summed E-state index contributed by atoms with van der Waals surface area (Å²) in [6, 6.07) is 14.9. The minimum atomic E-state index is -1.15. The topological polar surface area (TPSA) is 118 Å². The van der Waals surface area contributed by atoms with E-state index >= 15 is 0 Å². The summed E-state index contributed by atoms with van der Waals surface area (Å²) >= 11 is 0. The third-order valence-corrected chi connectivity index (χ3v) is 9.22. The number of piperidine rings is 1. The lowest BCUT2D eigenvalue weighted by Gasteiger charge is -2.33. The molecule has 45 heavy (non-hydrogen) atoms. The van der Waals surface area contributed by atoms with E-state index in [0.29, 0.717) is 41.5 Å². The number of rotatable bonds is 6. The van der Waals surface area contributed by atoms with Crippen LogP contribution >= 0.6 is 0 Å². The van der Waals surface area contributed by atoms with E-state index in [2.05, 4.69) is 16.7 Å². The molecule has 0 unspecified atom stereocenters. The molecule has 2 fully saturated rings. The maximum Gasteiger partial charge on any atom is 0.338 e. The minimum absolute atomic E-state index is 0.0200. The lowest BCUT2D eigenvalue weighted by atomic mass is 10.0. The molecule has 3 aliphatic rings. The number of methoxy groups -OCH3 is 1. The summed E-state index contributed by atoms with van der Waals surface area (Å²) in [6.07, 6.45) is 1.43. The number of halogens is 1. The zero-order chi connectivity index (χ0) is 31.0. The Balaban J connectivity index is 1.23. The second-order valence-corrected chi connectivity index (χ2v) is 12.5. The number of hydrogen-bond acceptors (Lipinski definition) is 7. The van der Waals surface area contributed by atoms with E-state index in [9.17, 15) is 14.0 Å². The zero-order valence-electron chi connectivity index (χ0n) is 25.1. The highest BCUT2D eigenvalue weighted by Gasteiger charge is 2.31. The van der Waals surface area contributed by atoms with Gasteiger partial charge in [0.2, 0.25) is 0 Å². The van der Waals surface area contributed by atoms with Gasteiger partial charge in [0.25, 0.3) is 5.91 Å². The van der Waals surface area contributed by atoms with Crippen LogP contribution in [0, 0.1) is 5.92 Å². The quantitative estimate of drug-likeness (QED) is 0.274. The molecule has 230 valence electrons. The molecule has 2 aliphatic heterocycles. The monoisotopic (exact) mass is 608 g/mol. The minimum Gasteiger partial charge on any atom is -0.494 e. The molecule has 0 bridgehead atoms. The van der Waals surface area contributed by atoms with Crippen molar-refractivity contribution in [2.24, 2.45) is 18.7 Å².